The number of benzene rings is 1. The van der Waals surface area contributed by atoms with Gasteiger partial charge in [-0.3, -0.25) is 0 Å². The fourth-order valence-corrected chi connectivity index (χ4v) is 2.36. The highest BCUT2D eigenvalue weighted by atomic mass is 79.9. The lowest BCUT2D eigenvalue weighted by Gasteiger charge is -2.15. The number of nitrogens with two attached hydrogens (primary N) is 1. The summed E-state index contributed by atoms with van der Waals surface area (Å²) in [6.45, 7) is 0. The van der Waals surface area contributed by atoms with Gasteiger partial charge in [0.1, 0.15) is 16.0 Å². The van der Waals surface area contributed by atoms with E-state index in [2.05, 4.69) is 15.9 Å². The third kappa shape index (κ3) is 2.18. The number of halogens is 1. The zero-order valence-corrected chi connectivity index (χ0v) is 11.1. The average Bonchev–Trinajstić information content (AvgIpc) is 3.12. The van der Waals surface area contributed by atoms with Gasteiger partial charge in [0.2, 0.25) is 0 Å². The summed E-state index contributed by atoms with van der Waals surface area (Å²) in [5, 5.41) is 0. The van der Waals surface area contributed by atoms with E-state index in [1.165, 1.54) is 12.8 Å². The molecule has 0 aromatic heterocycles. The maximum atomic E-state index is 6.17. The van der Waals surface area contributed by atoms with Crippen molar-refractivity contribution in [2.24, 2.45) is 11.7 Å². The Bertz CT molecular complexity index is 366. The minimum absolute atomic E-state index is 0.0934. The highest BCUT2D eigenvalue weighted by Crippen LogP contribution is 2.43. The fourth-order valence-electron chi connectivity index (χ4n) is 1.81. The lowest BCUT2D eigenvalue weighted by atomic mass is 10.0. The average molecular weight is 286 g/mol. The molecule has 1 aromatic carbocycles. The second-order valence-electron chi connectivity index (χ2n) is 4.10. The Labute approximate surface area is 104 Å². The van der Waals surface area contributed by atoms with Crippen LogP contribution in [0.2, 0.25) is 0 Å². The number of methoxy groups -OCH3 is 2. The topological polar surface area (TPSA) is 44.5 Å². The van der Waals surface area contributed by atoms with E-state index in [1.54, 1.807) is 14.2 Å². The largest absolute Gasteiger partial charge is 0.495 e. The molecule has 0 aliphatic heterocycles. The summed E-state index contributed by atoms with van der Waals surface area (Å²) in [4.78, 5) is 0. The van der Waals surface area contributed by atoms with Crippen molar-refractivity contribution in [3.63, 3.8) is 0 Å². The van der Waals surface area contributed by atoms with Crippen molar-refractivity contribution in [2.75, 3.05) is 14.2 Å². The summed E-state index contributed by atoms with van der Waals surface area (Å²) in [5.41, 5.74) is 7.25. The van der Waals surface area contributed by atoms with Gasteiger partial charge in [-0.25, -0.2) is 0 Å². The van der Waals surface area contributed by atoms with Crippen molar-refractivity contribution >= 4 is 15.9 Å². The van der Waals surface area contributed by atoms with Crippen molar-refractivity contribution in [1.82, 2.24) is 0 Å². The Morgan fingerprint density at radius 2 is 1.75 bits per heavy atom. The Hall–Kier alpha value is -0.740. The monoisotopic (exact) mass is 285 g/mol. The van der Waals surface area contributed by atoms with Crippen LogP contribution in [0.15, 0.2) is 16.6 Å². The highest BCUT2D eigenvalue weighted by molar-refractivity contribution is 9.10. The Balaban J connectivity index is 2.37. The standard InChI is InChI=1S/C12H16BrNO2/c1-15-9-5-8(12(14)7-3-4-7)6-10(16-2)11(9)13/h5-7,12H,3-4,14H2,1-2H3/t12-/m1/s1. The van der Waals surface area contributed by atoms with Gasteiger partial charge in [-0.2, -0.15) is 0 Å². The van der Waals surface area contributed by atoms with E-state index in [9.17, 15) is 0 Å². The first-order chi connectivity index (χ1) is 7.67. The minimum atomic E-state index is 0.0934. The Morgan fingerprint density at radius 1 is 1.25 bits per heavy atom. The van der Waals surface area contributed by atoms with E-state index >= 15 is 0 Å². The number of rotatable bonds is 4. The van der Waals surface area contributed by atoms with E-state index in [4.69, 9.17) is 15.2 Å². The van der Waals surface area contributed by atoms with E-state index in [0.29, 0.717) is 5.92 Å². The van der Waals surface area contributed by atoms with Crippen LogP contribution in [0.3, 0.4) is 0 Å². The first kappa shape index (κ1) is 11.7. The van der Waals surface area contributed by atoms with Crippen LogP contribution in [-0.4, -0.2) is 14.2 Å². The Morgan fingerprint density at radius 3 is 2.12 bits per heavy atom. The van der Waals surface area contributed by atoms with Crippen LogP contribution in [0, 0.1) is 5.92 Å². The molecular formula is C12H16BrNO2. The van der Waals surface area contributed by atoms with Crippen LogP contribution >= 0.6 is 15.9 Å². The molecule has 1 fully saturated rings. The molecule has 0 heterocycles. The van der Waals surface area contributed by atoms with Crippen LogP contribution in [0.4, 0.5) is 0 Å². The first-order valence-corrected chi connectivity index (χ1v) is 6.13. The summed E-state index contributed by atoms with van der Waals surface area (Å²) >= 11 is 3.45. The smallest absolute Gasteiger partial charge is 0.137 e. The molecule has 0 radical (unpaired) electrons. The molecule has 88 valence electrons. The molecule has 1 saturated carbocycles. The number of ether oxygens (including phenoxy) is 2. The summed E-state index contributed by atoms with van der Waals surface area (Å²) in [6, 6.07) is 4.06. The third-order valence-corrected chi connectivity index (χ3v) is 3.76. The van der Waals surface area contributed by atoms with Gasteiger partial charge in [0, 0.05) is 6.04 Å². The lowest BCUT2D eigenvalue weighted by Crippen LogP contribution is -2.12. The second-order valence-corrected chi connectivity index (χ2v) is 4.90. The molecule has 2 rings (SSSR count). The molecule has 4 heteroatoms. The highest BCUT2D eigenvalue weighted by Gasteiger charge is 2.30. The van der Waals surface area contributed by atoms with E-state index in [-0.39, 0.29) is 6.04 Å². The zero-order valence-electron chi connectivity index (χ0n) is 9.50. The molecule has 2 N–H and O–H groups in total. The molecule has 16 heavy (non-hydrogen) atoms. The van der Waals surface area contributed by atoms with Crippen LogP contribution in [0.5, 0.6) is 11.5 Å². The van der Waals surface area contributed by atoms with E-state index < -0.39 is 0 Å². The van der Waals surface area contributed by atoms with Crippen molar-refractivity contribution in [2.45, 2.75) is 18.9 Å². The van der Waals surface area contributed by atoms with E-state index in [1.807, 2.05) is 12.1 Å². The lowest BCUT2D eigenvalue weighted by molar-refractivity contribution is 0.387. The summed E-state index contributed by atoms with van der Waals surface area (Å²) < 4.78 is 11.4. The van der Waals surface area contributed by atoms with Crippen molar-refractivity contribution < 1.29 is 9.47 Å². The van der Waals surface area contributed by atoms with Gasteiger partial charge >= 0.3 is 0 Å². The maximum absolute atomic E-state index is 6.17. The van der Waals surface area contributed by atoms with Crippen molar-refractivity contribution in [1.29, 1.82) is 0 Å². The molecule has 0 spiro atoms. The van der Waals surface area contributed by atoms with Crippen LogP contribution in [0.25, 0.3) is 0 Å². The van der Waals surface area contributed by atoms with Gasteiger partial charge < -0.3 is 15.2 Å². The van der Waals surface area contributed by atoms with Gasteiger partial charge in [-0.15, -0.1) is 0 Å². The van der Waals surface area contributed by atoms with Gasteiger partial charge in [0.05, 0.1) is 14.2 Å². The summed E-state index contributed by atoms with van der Waals surface area (Å²) in [6.07, 6.45) is 2.45. The molecule has 0 unspecified atom stereocenters. The maximum Gasteiger partial charge on any atom is 0.137 e. The van der Waals surface area contributed by atoms with Gasteiger partial charge in [0.25, 0.3) is 0 Å². The van der Waals surface area contributed by atoms with Crippen LogP contribution in [0.1, 0.15) is 24.4 Å². The number of hydrogen-bond donors (Lipinski definition) is 1. The predicted molar refractivity (Wildman–Crippen MR) is 66.9 cm³/mol. The first-order valence-electron chi connectivity index (χ1n) is 5.34. The molecule has 1 aliphatic carbocycles. The minimum Gasteiger partial charge on any atom is -0.495 e. The quantitative estimate of drug-likeness (QED) is 0.925. The normalized spacial score (nSPS) is 17.0. The molecule has 0 amide bonds. The van der Waals surface area contributed by atoms with Crippen molar-refractivity contribution in [3.8, 4) is 11.5 Å². The third-order valence-electron chi connectivity index (χ3n) is 2.98. The fraction of sp³-hybridized carbons (Fsp3) is 0.500. The van der Waals surface area contributed by atoms with Crippen LogP contribution < -0.4 is 15.2 Å². The second kappa shape index (κ2) is 4.63. The van der Waals surface area contributed by atoms with Gasteiger partial charge in [-0.1, -0.05) is 0 Å². The predicted octanol–water partition coefficient (Wildman–Crippen LogP) is 2.88. The van der Waals surface area contributed by atoms with Gasteiger partial charge in [-0.05, 0) is 52.4 Å². The van der Waals surface area contributed by atoms with Gasteiger partial charge in [0.15, 0.2) is 0 Å². The van der Waals surface area contributed by atoms with Crippen molar-refractivity contribution in [3.05, 3.63) is 22.2 Å². The summed E-state index contributed by atoms with van der Waals surface area (Å²) in [5.74, 6) is 2.16. The molecule has 1 atom stereocenters. The Kier molecular flexibility index (Phi) is 3.40. The molecule has 0 bridgehead atoms. The summed E-state index contributed by atoms with van der Waals surface area (Å²) in [7, 11) is 3.29. The van der Waals surface area contributed by atoms with Crippen LogP contribution in [-0.2, 0) is 0 Å². The molecule has 3 nitrogen and oxygen atoms in total. The molecule has 1 aromatic rings. The molecule has 1 aliphatic rings. The zero-order chi connectivity index (χ0) is 11.7. The molecule has 0 saturated heterocycles. The molecular weight excluding hydrogens is 270 g/mol. The number of hydrogen-bond acceptors (Lipinski definition) is 3. The van der Waals surface area contributed by atoms with E-state index in [0.717, 1.165) is 21.5 Å². The SMILES string of the molecule is COc1cc([C@H](N)C2CC2)cc(OC)c1Br.